The first-order valence-corrected chi connectivity index (χ1v) is 8.00. The van der Waals surface area contributed by atoms with Gasteiger partial charge in [-0.15, -0.1) is 0 Å². The predicted octanol–water partition coefficient (Wildman–Crippen LogP) is 2.45. The summed E-state index contributed by atoms with van der Waals surface area (Å²) in [5.41, 5.74) is 0.922. The van der Waals surface area contributed by atoms with Crippen molar-refractivity contribution in [3.8, 4) is 11.5 Å². The quantitative estimate of drug-likeness (QED) is 0.650. The molecule has 2 aromatic carbocycles. The molecule has 2 aliphatic rings. The van der Waals surface area contributed by atoms with E-state index in [1.54, 1.807) is 18.2 Å². The molecule has 0 bridgehead atoms. The molecule has 2 heterocycles. The normalized spacial score (nSPS) is 17.0. The minimum Gasteiger partial charge on any atom is -0.454 e. The third-order valence-corrected chi connectivity index (χ3v) is 4.18. The fourth-order valence-corrected chi connectivity index (χ4v) is 2.92. The van der Waals surface area contributed by atoms with Gasteiger partial charge in [-0.2, -0.15) is 0 Å². The first kappa shape index (κ1) is 16.2. The molecule has 2 amide bonds. The van der Waals surface area contributed by atoms with E-state index in [1.165, 1.54) is 30.3 Å². The Kier molecular flexibility index (Phi) is 3.89. The summed E-state index contributed by atoms with van der Waals surface area (Å²) >= 11 is 5.11. The fourth-order valence-electron chi connectivity index (χ4n) is 2.64. The van der Waals surface area contributed by atoms with Gasteiger partial charge in [0.2, 0.25) is 6.79 Å². The van der Waals surface area contributed by atoms with E-state index in [1.807, 2.05) is 0 Å². The van der Waals surface area contributed by atoms with Crippen molar-refractivity contribution in [2.75, 3.05) is 6.79 Å². The smallest absolute Gasteiger partial charge is 0.274 e. The van der Waals surface area contributed by atoms with Crippen molar-refractivity contribution in [1.29, 1.82) is 0 Å². The summed E-state index contributed by atoms with van der Waals surface area (Å²) in [6, 6.07) is 10.2. The van der Waals surface area contributed by atoms with Crippen LogP contribution in [0.5, 0.6) is 11.5 Å². The molecule has 1 fully saturated rings. The van der Waals surface area contributed by atoms with Crippen molar-refractivity contribution in [3.63, 3.8) is 0 Å². The minimum absolute atomic E-state index is 0.0312. The molecule has 4 rings (SSSR count). The molecule has 0 saturated carbocycles. The predicted molar refractivity (Wildman–Crippen MR) is 93.9 cm³/mol. The van der Waals surface area contributed by atoms with Crippen molar-refractivity contribution >= 4 is 35.2 Å². The molecule has 0 unspecified atom stereocenters. The van der Waals surface area contributed by atoms with E-state index in [2.05, 4.69) is 5.32 Å². The number of ether oxygens (including phenoxy) is 2. The number of rotatable bonds is 2. The molecule has 0 radical (unpaired) electrons. The van der Waals surface area contributed by atoms with Crippen LogP contribution in [0.3, 0.4) is 0 Å². The second kappa shape index (κ2) is 6.23. The molecular weight excluding hydrogens is 359 g/mol. The van der Waals surface area contributed by atoms with Gasteiger partial charge in [-0.25, -0.2) is 9.29 Å². The Morgan fingerprint density at radius 3 is 2.65 bits per heavy atom. The molecule has 130 valence electrons. The van der Waals surface area contributed by atoms with E-state index in [0.717, 1.165) is 4.90 Å². The lowest BCUT2D eigenvalue weighted by molar-refractivity contribution is -0.115. The van der Waals surface area contributed by atoms with Gasteiger partial charge in [-0.05, 0) is 60.3 Å². The molecule has 2 aromatic rings. The van der Waals surface area contributed by atoms with Crippen molar-refractivity contribution in [3.05, 3.63) is 65.1 Å². The Hall–Kier alpha value is -3.26. The molecule has 2 aliphatic heterocycles. The molecule has 26 heavy (non-hydrogen) atoms. The number of fused-ring (bicyclic) bond motifs is 1. The zero-order valence-corrected chi connectivity index (χ0v) is 14.0. The number of nitrogens with one attached hydrogen (secondary N) is 1. The summed E-state index contributed by atoms with van der Waals surface area (Å²) in [5, 5.41) is 2.42. The highest BCUT2D eigenvalue weighted by Crippen LogP contribution is 2.33. The maximum Gasteiger partial charge on any atom is 0.274 e. The van der Waals surface area contributed by atoms with Gasteiger partial charge in [-0.1, -0.05) is 6.07 Å². The maximum atomic E-state index is 13.1. The highest BCUT2D eigenvalue weighted by atomic mass is 32.1. The molecule has 0 atom stereocenters. The number of nitrogens with zero attached hydrogens (tertiary/aromatic N) is 1. The Morgan fingerprint density at radius 1 is 1.15 bits per heavy atom. The van der Waals surface area contributed by atoms with Crippen molar-refractivity contribution < 1.29 is 23.5 Å². The van der Waals surface area contributed by atoms with E-state index >= 15 is 0 Å². The van der Waals surface area contributed by atoms with E-state index in [-0.39, 0.29) is 23.2 Å². The van der Waals surface area contributed by atoms with Gasteiger partial charge in [0, 0.05) is 5.56 Å². The van der Waals surface area contributed by atoms with E-state index in [9.17, 15) is 14.0 Å². The van der Waals surface area contributed by atoms with Gasteiger partial charge in [0.05, 0.1) is 0 Å². The molecule has 0 spiro atoms. The van der Waals surface area contributed by atoms with Crippen LogP contribution in [0.4, 0.5) is 4.39 Å². The highest BCUT2D eigenvalue weighted by Gasteiger charge is 2.35. The van der Waals surface area contributed by atoms with Crippen LogP contribution in [0.1, 0.15) is 15.9 Å². The van der Waals surface area contributed by atoms with Crippen LogP contribution in [0.25, 0.3) is 6.08 Å². The summed E-state index contributed by atoms with van der Waals surface area (Å²) in [4.78, 5) is 26.1. The second-order valence-corrected chi connectivity index (χ2v) is 5.94. The van der Waals surface area contributed by atoms with Gasteiger partial charge in [0.15, 0.2) is 16.6 Å². The monoisotopic (exact) mass is 370 g/mol. The average Bonchev–Trinajstić information content (AvgIpc) is 3.19. The minimum atomic E-state index is -0.527. The summed E-state index contributed by atoms with van der Waals surface area (Å²) in [6.07, 6.45) is 1.53. The lowest BCUT2D eigenvalue weighted by Crippen LogP contribution is -2.33. The summed E-state index contributed by atoms with van der Waals surface area (Å²) in [7, 11) is 0. The van der Waals surface area contributed by atoms with Gasteiger partial charge in [-0.3, -0.25) is 14.9 Å². The zero-order chi connectivity index (χ0) is 18.3. The Balaban J connectivity index is 1.71. The first-order valence-electron chi connectivity index (χ1n) is 7.59. The molecule has 0 aromatic heterocycles. The van der Waals surface area contributed by atoms with Crippen molar-refractivity contribution in [2.24, 2.45) is 0 Å². The Labute approximate surface area is 152 Å². The van der Waals surface area contributed by atoms with Crippen molar-refractivity contribution in [2.45, 2.75) is 0 Å². The van der Waals surface area contributed by atoms with Crippen LogP contribution in [-0.2, 0) is 4.79 Å². The van der Waals surface area contributed by atoms with Crippen LogP contribution in [0.2, 0.25) is 0 Å². The van der Waals surface area contributed by atoms with Crippen molar-refractivity contribution in [1.82, 2.24) is 10.2 Å². The molecular formula is C18H11FN2O4S. The Bertz CT molecular complexity index is 972. The molecule has 1 saturated heterocycles. The third kappa shape index (κ3) is 2.80. The molecule has 8 heteroatoms. The highest BCUT2D eigenvalue weighted by molar-refractivity contribution is 7.80. The van der Waals surface area contributed by atoms with Gasteiger partial charge in [0.25, 0.3) is 11.8 Å². The molecule has 0 aliphatic carbocycles. The van der Waals surface area contributed by atoms with E-state index < -0.39 is 17.6 Å². The summed E-state index contributed by atoms with van der Waals surface area (Å²) in [6.45, 7) is 0.134. The fraction of sp³-hybridized carbons (Fsp3) is 0.0556. The van der Waals surface area contributed by atoms with Crippen LogP contribution < -0.4 is 14.8 Å². The number of benzene rings is 2. The van der Waals surface area contributed by atoms with Gasteiger partial charge >= 0.3 is 0 Å². The number of hydrogen-bond donors (Lipinski definition) is 1. The van der Waals surface area contributed by atoms with Crippen LogP contribution in [0.15, 0.2) is 48.2 Å². The van der Waals surface area contributed by atoms with E-state index in [0.29, 0.717) is 17.1 Å². The lowest BCUT2D eigenvalue weighted by atomic mass is 10.1. The van der Waals surface area contributed by atoms with Crippen LogP contribution in [0, 0.1) is 5.82 Å². The van der Waals surface area contributed by atoms with Gasteiger partial charge in [0.1, 0.15) is 11.5 Å². The topological polar surface area (TPSA) is 67.9 Å². The number of carbonyl (C=O) groups excluding carboxylic acids is 2. The average molecular weight is 370 g/mol. The molecule has 6 nitrogen and oxygen atoms in total. The Morgan fingerprint density at radius 2 is 1.88 bits per heavy atom. The number of amides is 2. The number of halogens is 1. The zero-order valence-electron chi connectivity index (χ0n) is 13.2. The second-order valence-electron chi connectivity index (χ2n) is 5.55. The molecule has 1 N–H and O–H groups in total. The van der Waals surface area contributed by atoms with Gasteiger partial charge < -0.3 is 9.47 Å². The largest absolute Gasteiger partial charge is 0.454 e. The number of thiocarbonyl (C=S) groups is 1. The summed E-state index contributed by atoms with van der Waals surface area (Å²) in [5.74, 6) is -0.325. The summed E-state index contributed by atoms with van der Waals surface area (Å²) < 4.78 is 23.7. The SMILES string of the molecule is O=C1NC(=S)N(C(=O)c2ccc(F)cc2)/C1=C/c1ccc2c(c1)OCO2. The standard InChI is InChI=1S/C18H11FN2O4S/c19-12-4-2-11(3-5-12)17(23)21-13(16(22)20-18(21)26)7-10-1-6-14-15(8-10)25-9-24-14/h1-8H,9H2,(H,20,22,26)/b13-7+. The van der Waals surface area contributed by atoms with E-state index in [4.69, 9.17) is 21.7 Å². The van der Waals surface area contributed by atoms with Crippen LogP contribution >= 0.6 is 12.2 Å². The van der Waals surface area contributed by atoms with Crippen LogP contribution in [-0.4, -0.2) is 28.6 Å². The number of carbonyl (C=O) groups is 2. The first-order chi connectivity index (χ1) is 12.5. The third-order valence-electron chi connectivity index (χ3n) is 3.89. The number of hydrogen-bond acceptors (Lipinski definition) is 5. The lowest BCUT2D eigenvalue weighted by Gasteiger charge is -2.15. The maximum absolute atomic E-state index is 13.1.